The summed E-state index contributed by atoms with van der Waals surface area (Å²) in [5, 5.41) is 21.7. The van der Waals surface area contributed by atoms with Crippen LogP contribution in [0.2, 0.25) is 0 Å². The molecule has 0 atom stereocenters. The zero-order chi connectivity index (χ0) is 33.6. The van der Waals surface area contributed by atoms with Gasteiger partial charge in [-0.05, 0) is 120 Å². The van der Waals surface area contributed by atoms with E-state index in [4.69, 9.17) is 9.72 Å². The van der Waals surface area contributed by atoms with E-state index in [1.165, 1.54) is 54.2 Å². The molecule has 1 aliphatic heterocycles. The Morgan fingerprint density at radius 2 is 1.08 bits per heavy atom. The highest BCUT2D eigenvalue weighted by atomic mass is 16.5. The summed E-state index contributed by atoms with van der Waals surface area (Å²) in [7, 11) is 0. The summed E-state index contributed by atoms with van der Waals surface area (Å²) >= 11 is 0. The predicted octanol–water partition coefficient (Wildman–Crippen LogP) is 12.9. The lowest BCUT2D eigenvalue weighted by Gasteiger charge is -2.22. The highest BCUT2D eigenvalue weighted by Gasteiger charge is 2.22. The molecule has 0 bridgehead atoms. The third-order valence-electron chi connectivity index (χ3n) is 10.6. The number of pyridine rings is 1. The fourth-order valence-electron chi connectivity index (χ4n) is 8.26. The maximum atomic E-state index is 9.70. The largest absolute Gasteiger partial charge is 0.456 e. The molecule has 0 saturated carbocycles. The number of rotatable bonds is 3. The monoisotopic (exact) mass is 646 g/mol. The van der Waals surface area contributed by atoms with Crippen molar-refractivity contribution in [2.45, 2.75) is 0 Å². The molecule has 0 fully saturated rings. The van der Waals surface area contributed by atoms with Crippen LogP contribution in [0.4, 0.5) is 0 Å². The fraction of sp³-hybridized carbons (Fsp3) is 0. The Hall–Kier alpha value is -7.02. The summed E-state index contributed by atoms with van der Waals surface area (Å²) in [6.07, 6.45) is 1.96. The molecular weight excluding hydrogens is 621 g/mol. The second-order valence-electron chi connectivity index (χ2n) is 13.4. The van der Waals surface area contributed by atoms with Gasteiger partial charge in [0.15, 0.2) is 0 Å². The van der Waals surface area contributed by atoms with Gasteiger partial charge in [0.05, 0.1) is 17.3 Å². The van der Waals surface area contributed by atoms with Crippen LogP contribution in [0.25, 0.3) is 98.5 Å². The Kier molecular flexibility index (Phi) is 5.73. The lowest BCUT2D eigenvalue weighted by atomic mass is 9.89. The minimum Gasteiger partial charge on any atom is -0.456 e. The number of hydrogen-bond donors (Lipinski definition) is 0. The maximum absolute atomic E-state index is 9.70. The Labute approximate surface area is 293 Å². The number of nitriles is 1. The van der Waals surface area contributed by atoms with Gasteiger partial charge in [-0.15, -0.1) is 0 Å². The summed E-state index contributed by atoms with van der Waals surface area (Å²) in [6, 6.07) is 56.1. The number of aromatic nitrogens is 1. The minimum atomic E-state index is 0.650. The quantitative estimate of drug-likeness (QED) is 0.179. The minimum absolute atomic E-state index is 0.650. The number of hydrogen-bond acceptors (Lipinski definition) is 3. The molecule has 51 heavy (non-hydrogen) atoms. The van der Waals surface area contributed by atoms with Crippen LogP contribution in [-0.4, -0.2) is 4.98 Å². The molecular formula is C48H26N2O. The molecule has 11 rings (SSSR count). The summed E-state index contributed by atoms with van der Waals surface area (Å²) in [5.41, 5.74) is 9.37. The van der Waals surface area contributed by atoms with Crippen LogP contribution >= 0.6 is 0 Å². The first kappa shape index (κ1) is 27.9. The van der Waals surface area contributed by atoms with E-state index >= 15 is 0 Å². The topological polar surface area (TPSA) is 45.9 Å². The maximum Gasteiger partial charge on any atom is 0.136 e. The van der Waals surface area contributed by atoms with E-state index in [1.54, 1.807) is 0 Å². The van der Waals surface area contributed by atoms with E-state index in [1.807, 2.05) is 36.5 Å². The molecule has 1 aromatic heterocycles. The van der Waals surface area contributed by atoms with Crippen molar-refractivity contribution in [3.8, 4) is 62.2 Å². The number of benzene rings is 9. The first-order valence-corrected chi connectivity index (χ1v) is 17.2. The van der Waals surface area contributed by atoms with Crippen LogP contribution in [0, 0.1) is 11.3 Å². The molecule has 234 valence electrons. The van der Waals surface area contributed by atoms with Crippen molar-refractivity contribution in [1.29, 1.82) is 5.26 Å². The molecule has 0 radical (unpaired) electrons. The molecule has 0 spiro atoms. The van der Waals surface area contributed by atoms with E-state index in [-0.39, 0.29) is 0 Å². The summed E-state index contributed by atoms with van der Waals surface area (Å²) in [6.45, 7) is 0. The van der Waals surface area contributed by atoms with Gasteiger partial charge in [0.2, 0.25) is 0 Å². The second-order valence-corrected chi connectivity index (χ2v) is 13.4. The molecule has 0 amide bonds. The van der Waals surface area contributed by atoms with Crippen molar-refractivity contribution >= 4 is 53.9 Å². The molecule has 9 aromatic carbocycles. The summed E-state index contributed by atoms with van der Waals surface area (Å²) in [5.74, 6) is 1.59. The molecule has 0 N–H and O–H groups in total. The van der Waals surface area contributed by atoms with Crippen LogP contribution in [-0.2, 0) is 0 Å². The molecule has 2 heterocycles. The lowest BCUT2D eigenvalue weighted by molar-refractivity contribution is 0.487. The van der Waals surface area contributed by atoms with Gasteiger partial charge in [0.25, 0.3) is 0 Å². The molecule has 3 nitrogen and oxygen atoms in total. The molecule has 0 unspecified atom stereocenters. The van der Waals surface area contributed by atoms with Crippen LogP contribution in [0.5, 0.6) is 11.5 Å². The fourth-order valence-corrected chi connectivity index (χ4v) is 8.26. The number of nitrogens with zero attached hydrogens (tertiary/aromatic N) is 2. The van der Waals surface area contributed by atoms with E-state index in [0.717, 1.165) is 55.8 Å². The van der Waals surface area contributed by atoms with E-state index in [2.05, 4.69) is 127 Å². The molecule has 3 heteroatoms. The summed E-state index contributed by atoms with van der Waals surface area (Å²) in [4.78, 5) is 4.97. The lowest BCUT2D eigenvalue weighted by Crippen LogP contribution is -1.98. The van der Waals surface area contributed by atoms with Crippen LogP contribution in [0.3, 0.4) is 0 Å². The van der Waals surface area contributed by atoms with E-state index in [9.17, 15) is 5.26 Å². The Bertz CT molecular complexity index is 3040. The van der Waals surface area contributed by atoms with Gasteiger partial charge < -0.3 is 4.74 Å². The summed E-state index contributed by atoms with van der Waals surface area (Å²) < 4.78 is 6.32. The highest BCUT2D eigenvalue weighted by molar-refractivity contribution is 6.24. The van der Waals surface area contributed by atoms with Crippen molar-refractivity contribution in [2.75, 3.05) is 0 Å². The van der Waals surface area contributed by atoms with Gasteiger partial charge in [0, 0.05) is 33.7 Å². The SMILES string of the molecule is N#Cc1ccc2c3c(cccc13)-c1cc(-c3ccc(-c4cc5ccc6cc(-c7cccc8ccccc78)cc7ccc(c4)c5c67)nc3)ccc1O2. The van der Waals surface area contributed by atoms with Crippen molar-refractivity contribution in [1.82, 2.24) is 4.98 Å². The van der Waals surface area contributed by atoms with Crippen LogP contribution in [0.1, 0.15) is 5.56 Å². The Morgan fingerprint density at radius 3 is 1.82 bits per heavy atom. The zero-order valence-electron chi connectivity index (χ0n) is 27.3. The number of fused-ring (bicyclic) bond motifs is 3. The van der Waals surface area contributed by atoms with Crippen molar-refractivity contribution in [2.24, 2.45) is 0 Å². The smallest absolute Gasteiger partial charge is 0.136 e. The van der Waals surface area contributed by atoms with Crippen LogP contribution in [0.15, 0.2) is 158 Å². The second kappa shape index (κ2) is 10.5. The predicted molar refractivity (Wildman–Crippen MR) is 209 cm³/mol. The average Bonchev–Trinajstić information content (AvgIpc) is 3.19. The van der Waals surface area contributed by atoms with Crippen molar-refractivity contribution < 1.29 is 4.74 Å². The van der Waals surface area contributed by atoms with Crippen molar-refractivity contribution in [3.05, 3.63) is 163 Å². The standard InChI is InChI=1S/C48H26N2O/c49-26-34-17-20-45-48-40(34)9-4-10-41(48)42-25-29(16-19-44(42)51-45)35-15-18-43(50-27-35)37-23-32-13-11-30-21-36(22-31-12-14-33(24-37)47(32)46(30)31)39-8-3-6-28-5-1-2-7-38(28)39/h1-25,27H. The van der Waals surface area contributed by atoms with Gasteiger partial charge in [0.1, 0.15) is 11.5 Å². The van der Waals surface area contributed by atoms with Gasteiger partial charge in [-0.1, -0.05) is 97.1 Å². The molecule has 0 aliphatic carbocycles. The molecule has 0 saturated heterocycles. The third-order valence-corrected chi connectivity index (χ3v) is 10.6. The van der Waals surface area contributed by atoms with Gasteiger partial charge >= 0.3 is 0 Å². The molecule has 1 aliphatic rings. The first-order valence-electron chi connectivity index (χ1n) is 17.2. The molecule has 10 aromatic rings. The van der Waals surface area contributed by atoms with Gasteiger partial charge in [-0.2, -0.15) is 5.26 Å². The van der Waals surface area contributed by atoms with E-state index < -0.39 is 0 Å². The van der Waals surface area contributed by atoms with Crippen LogP contribution < -0.4 is 4.74 Å². The average molecular weight is 647 g/mol. The Morgan fingerprint density at radius 1 is 0.431 bits per heavy atom. The highest BCUT2D eigenvalue weighted by Crippen LogP contribution is 2.48. The van der Waals surface area contributed by atoms with Gasteiger partial charge in [-0.25, -0.2) is 0 Å². The van der Waals surface area contributed by atoms with E-state index in [0.29, 0.717) is 5.56 Å². The third kappa shape index (κ3) is 4.14. The first-order chi connectivity index (χ1) is 25.2. The van der Waals surface area contributed by atoms with Gasteiger partial charge in [-0.3, -0.25) is 4.98 Å². The zero-order valence-corrected chi connectivity index (χ0v) is 27.3. The Balaban J connectivity index is 0.966. The normalized spacial score (nSPS) is 12.1. The number of ether oxygens (including phenoxy) is 1. The van der Waals surface area contributed by atoms with Crippen molar-refractivity contribution in [3.63, 3.8) is 0 Å².